The smallest absolute Gasteiger partial charge is 0.410 e. The molecule has 0 aromatic heterocycles. The van der Waals surface area contributed by atoms with Crippen LogP contribution >= 0.6 is 0 Å². The van der Waals surface area contributed by atoms with Gasteiger partial charge in [-0.3, -0.25) is 0 Å². The number of rotatable bonds is 2. The molecule has 24 heavy (non-hydrogen) atoms. The molecule has 0 N–H and O–H groups in total. The van der Waals surface area contributed by atoms with Crippen molar-refractivity contribution in [2.24, 2.45) is 0 Å². The van der Waals surface area contributed by atoms with Gasteiger partial charge in [-0.25, -0.2) is 9.59 Å². The van der Waals surface area contributed by atoms with Crippen molar-refractivity contribution in [3.63, 3.8) is 0 Å². The number of fused-ring (bicyclic) bond motifs is 2. The van der Waals surface area contributed by atoms with Gasteiger partial charge in [0.1, 0.15) is 11.7 Å². The molecule has 1 atom stereocenters. The molecule has 1 aromatic carbocycles. The lowest BCUT2D eigenvalue weighted by atomic mass is 9.92. The maximum absolute atomic E-state index is 12.3. The number of nitrogens with zero attached hydrogens (tertiary/aromatic N) is 1. The van der Waals surface area contributed by atoms with Gasteiger partial charge in [0.25, 0.3) is 0 Å². The fourth-order valence-electron chi connectivity index (χ4n) is 3.29. The summed E-state index contributed by atoms with van der Waals surface area (Å²) in [6.07, 6.45) is 2.17. The van der Waals surface area contributed by atoms with E-state index in [4.69, 9.17) is 9.47 Å². The molecule has 0 radical (unpaired) electrons. The Bertz CT molecular complexity index is 675. The maximum atomic E-state index is 12.3. The Hall–Kier alpha value is -2.04. The summed E-state index contributed by atoms with van der Waals surface area (Å²) in [6, 6.07) is 4.00. The number of amides is 1. The van der Waals surface area contributed by atoms with Crippen LogP contribution in [0.3, 0.4) is 0 Å². The van der Waals surface area contributed by atoms with E-state index in [2.05, 4.69) is 13.0 Å². The van der Waals surface area contributed by atoms with Crippen LogP contribution in [0.2, 0.25) is 0 Å². The van der Waals surface area contributed by atoms with Crippen LogP contribution in [-0.2, 0) is 22.4 Å². The summed E-state index contributed by atoms with van der Waals surface area (Å²) in [6.45, 7) is 8.78. The first kappa shape index (κ1) is 16.8. The lowest BCUT2D eigenvalue weighted by Gasteiger charge is -2.31. The van der Waals surface area contributed by atoms with Gasteiger partial charge in [0.15, 0.2) is 0 Å². The topological polar surface area (TPSA) is 55.8 Å². The van der Waals surface area contributed by atoms with Gasteiger partial charge in [-0.2, -0.15) is 0 Å². The Kier molecular flexibility index (Phi) is 4.28. The van der Waals surface area contributed by atoms with Crippen molar-refractivity contribution in [2.45, 2.75) is 65.2 Å². The SMILES string of the molecule is CCCC1OC(=O)c2cc3c(cc21)CCN(C(=O)OC(C)(C)C)C3. The van der Waals surface area contributed by atoms with Crippen LogP contribution in [-0.4, -0.2) is 29.1 Å². The van der Waals surface area contributed by atoms with Crippen molar-refractivity contribution in [1.29, 1.82) is 0 Å². The second-order valence-electron chi connectivity index (χ2n) is 7.54. The molecule has 1 unspecified atom stereocenters. The quantitative estimate of drug-likeness (QED) is 0.769. The minimum atomic E-state index is -0.507. The minimum absolute atomic E-state index is 0.119. The average molecular weight is 331 g/mol. The summed E-state index contributed by atoms with van der Waals surface area (Å²) in [5.74, 6) is -0.249. The zero-order valence-electron chi connectivity index (χ0n) is 14.8. The highest BCUT2D eigenvalue weighted by Crippen LogP contribution is 2.37. The number of ether oxygens (including phenoxy) is 2. The number of carbonyl (C=O) groups excluding carboxylic acids is 2. The van der Waals surface area contributed by atoms with Gasteiger partial charge < -0.3 is 14.4 Å². The Morgan fingerprint density at radius 1 is 1.33 bits per heavy atom. The van der Waals surface area contributed by atoms with Crippen molar-refractivity contribution in [3.05, 3.63) is 34.4 Å². The minimum Gasteiger partial charge on any atom is -0.454 e. The van der Waals surface area contributed by atoms with Crippen molar-refractivity contribution >= 4 is 12.1 Å². The highest BCUT2D eigenvalue weighted by atomic mass is 16.6. The van der Waals surface area contributed by atoms with Crippen molar-refractivity contribution in [1.82, 2.24) is 4.90 Å². The number of esters is 1. The van der Waals surface area contributed by atoms with E-state index in [9.17, 15) is 9.59 Å². The summed E-state index contributed by atoms with van der Waals surface area (Å²) >= 11 is 0. The van der Waals surface area contributed by atoms with E-state index in [-0.39, 0.29) is 18.2 Å². The molecule has 2 aliphatic rings. The fraction of sp³-hybridized carbons (Fsp3) is 0.579. The molecule has 5 heteroatoms. The summed E-state index contributed by atoms with van der Waals surface area (Å²) in [4.78, 5) is 26.1. The number of hydrogen-bond acceptors (Lipinski definition) is 4. The first-order valence-corrected chi connectivity index (χ1v) is 8.63. The maximum Gasteiger partial charge on any atom is 0.410 e. The Morgan fingerprint density at radius 3 is 2.75 bits per heavy atom. The van der Waals surface area contributed by atoms with E-state index >= 15 is 0 Å². The zero-order chi connectivity index (χ0) is 17.5. The third kappa shape index (κ3) is 3.25. The molecule has 2 aliphatic heterocycles. The van der Waals surface area contributed by atoms with Crippen LogP contribution in [0.5, 0.6) is 0 Å². The van der Waals surface area contributed by atoms with Crippen molar-refractivity contribution in [2.75, 3.05) is 6.54 Å². The van der Waals surface area contributed by atoms with E-state index in [1.807, 2.05) is 26.8 Å². The van der Waals surface area contributed by atoms with Gasteiger partial charge in [-0.1, -0.05) is 19.4 Å². The highest BCUT2D eigenvalue weighted by molar-refractivity contribution is 5.94. The number of carbonyl (C=O) groups is 2. The van der Waals surface area contributed by atoms with E-state index < -0.39 is 5.60 Å². The molecular formula is C19H25NO4. The summed E-state index contributed by atoms with van der Waals surface area (Å²) in [7, 11) is 0. The van der Waals surface area contributed by atoms with E-state index in [1.54, 1.807) is 4.90 Å². The van der Waals surface area contributed by atoms with E-state index in [0.29, 0.717) is 18.7 Å². The molecule has 0 fully saturated rings. The standard InChI is InChI=1S/C19H25NO4/c1-5-6-16-14-9-12-7-8-20(18(22)24-19(2,3)4)11-13(12)10-15(14)17(21)23-16/h9-10,16H,5-8,11H2,1-4H3. The number of hydrogen-bond donors (Lipinski definition) is 0. The fourth-order valence-corrected chi connectivity index (χ4v) is 3.29. The highest BCUT2D eigenvalue weighted by Gasteiger charge is 2.33. The molecule has 3 rings (SSSR count). The summed E-state index contributed by atoms with van der Waals surface area (Å²) < 4.78 is 10.9. The third-order valence-corrected chi connectivity index (χ3v) is 4.40. The van der Waals surface area contributed by atoms with Crippen LogP contribution in [0.4, 0.5) is 4.79 Å². The Balaban J connectivity index is 1.82. The van der Waals surface area contributed by atoms with Crippen LogP contribution < -0.4 is 0 Å². The van der Waals surface area contributed by atoms with Crippen LogP contribution in [0.25, 0.3) is 0 Å². The number of benzene rings is 1. The molecule has 0 spiro atoms. The van der Waals surface area contributed by atoms with Gasteiger partial charge in [-0.05, 0) is 50.8 Å². The van der Waals surface area contributed by atoms with Gasteiger partial charge in [-0.15, -0.1) is 0 Å². The molecule has 0 bridgehead atoms. The molecule has 0 aliphatic carbocycles. The van der Waals surface area contributed by atoms with Gasteiger partial charge in [0.05, 0.1) is 5.56 Å². The Morgan fingerprint density at radius 2 is 2.08 bits per heavy atom. The number of cyclic esters (lactones) is 1. The summed E-state index contributed by atoms with van der Waals surface area (Å²) in [5, 5.41) is 0. The van der Waals surface area contributed by atoms with Crippen LogP contribution in [0.15, 0.2) is 12.1 Å². The molecule has 5 nitrogen and oxygen atoms in total. The predicted octanol–water partition coefficient (Wildman–Crippen LogP) is 3.99. The first-order chi connectivity index (χ1) is 11.3. The molecule has 0 saturated heterocycles. The largest absolute Gasteiger partial charge is 0.454 e. The Labute approximate surface area is 142 Å². The lowest BCUT2D eigenvalue weighted by Crippen LogP contribution is -2.40. The predicted molar refractivity (Wildman–Crippen MR) is 89.9 cm³/mol. The van der Waals surface area contributed by atoms with Crippen LogP contribution in [0, 0.1) is 0 Å². The van der Waals surface area contributed by atoms with Gasteiger partial charge in [0, 0.05) is 18.7 Å². The van der Waals surface area contributed by atoms with Crippen LogP contribution in [0.1, 0.15) is 73.7 Å². The van der Waals surface area contributed by atoms with E-state index in [0.717, 1.165) is 30.4 Å². The molecule has 1 aromatic rings. The van der Waals surface area contributed by atoms with Gasteiger partial charge >= 0.3 is 12.1 Å². The zero-order valence-corrected chi connectivity index (χ0v) is 14.8. The van der Waals surface area contributed by atoms with Gasteiger partial charge in [0.2, 0.25) is 0 Å². The normalized spacial score (nSPS) is 19.6. The molecule has 0 saturated carbocycles. The molecule has 130 valence electrons. The molecule has 1 amide bonds. The van der Waals surface area contributed by atoms with E-state index in [1.165, 1.54) is 5.56 Å². The molecular weight excluding hydrogens is 306 g/mol. The lowest BCUT2D eigenvalue weighted by molar-refractivity contribution is 0.0223. The molecule has 2 heterocycles. The summed E-state index contributed by atoms with van der Waals surface area (Å²) in [5.41, 5.74) is 3.37. The monoisotopic (exact) mass is 331 g/mol. The first-order valence-electron chi connectivity index (χ1n) is 8.63. The average Bonchev–Trinajstić information content (AvgIpc) is 2.79. The van der Waals surface area contributed by atoms with Crippen molar-refractivity contribution in [3.8, 4) is 0 Å². The van der Waals surface area contributed by atoms with Crippen molar-refractivity contribution < 1.29 is 19.1 Å². The second-order valence-corrected chi connectivity index (χ2v) is 7.54. The second kappa shape index (κ2) is 6.11. The third-order valence-electron chi connectivity index (χ3n) is 4.40.